The number of aryl methyl sites for hydroxylation is 2. The highest BCUT2D eigenvalue weighted by molar-refractivity contribution is 5.77. The van der Waals surface area contributed by atoms with Gasteiger partial charge in [0.1, 0.15) is 5.75 Å². The summed E-state index contributed by atoms with van der Waals surface area (Å²) in [5.74, 6) is 0.266. The molecule has 0 radical (unpaired) electrons. The fraction of sp³-hybridized carbons (Fsp3) is 0.100. The standard InChI is InChI=1S/C20H19NO/c1-15-11-12-19(13-16(15)2)21(17-7-4-3-5-8-17)18-9-6-10-20(22)14-18/h3-14,22H,1-2H3. The number of phenolic OH excluding ortho intramolecular Hbond substituents is 1. The van der Waals surface area contributed by atoms with Gasteiger partial charge in [-0.1, -0.05) is 30.3 Å². The maximum atomic E-state index is 9.83. The van der Waals surface area contributed by atoms with Crippen molar-refractivity contribution in [3.63, 3.8) is 0 Å². The zero-order valence-corrected chi connectivity index (χ0v) is 12.8. The molecule has 3 aromatic carbocycles. The Kier molecular flexibility index (Phi) is 3.84. The lowest BCUT2D eigenvalue weighted by atomic mass is 10.1. The number of hydrogen-bond donors (Lipinski definition) is 1. The zero-order valence-electron chi connectivity index (χ0n) is 12.8. The van der Waals surface area contributed by atoms with Gasteiger partial charge in [-0.2, -0.15) is 0 Å². The van der Waals surface area contributed by atoms with Crippen LogP contribution in [0.2, 0.25) is 0 Å². The molecular weight excluding hydrogens is 270 g/mol. The van der Waals surface area contributed by atoms with E-state index in [2.05, 4.69) is 49.1 Å². The third-order valence-electron chi connectivity index (χ3n) is 3.85. The van der Waals surface area contributed by atoms with Gasteiger partial charge in [-0.15, -0.1) is 0 Å². The molecule has 1 N–H and O–H groups in total. The lowest BCUT2D eigenvalue weighted by molar-refractivity contribution is 0.475. The summed E-state index contributed by atoms with van der Waals surface area (Å²) in [5.41, 5.74) is 5.61. The van der Waals surface area contributed by atoms with Crippen LogP contribution < -0.4 is 4.90 Å². The van der Waals surface area contributed by atoms with Gasteiger partial charge in [0.05, 0.1) is 0 Å². The van der Waals surface area contributed by atoms with Gasteiger partial charge in [-0.3, -0.25) is 0 Å². The van der Waals surface area contributed by atoms with Crippen molar-refractivity contribution in [3.05, 3.63) is 83.9 Å². The predicted octanol–water partition coefficient (Wildman–Crippen LogP) is 5.48. The Labute approximate surface area is 131 Å². The van der Waals surface area contributed by atoms with E-state index in [1.807, 2.05) is 30.3 Å². The minimum Gasteiger partial charge on any atom is -0.508 e. The molecule has 3 rings (SSSR count). The summed E-state index contributed by atoms with van der Waals surface area (Å²) in [6.45, 7) is 4.23. The molecule has 2 heteroatoms. The van der Waals surface area contributed by atoms with Crippen LogP contribution in [-0.4, -0.2) is 5.11 Å². The minimum atomic E-state index is 0.266. The Bertz CT molecular complexity index is 781. The lowest BCUT2D eigenvalue weighted by Gasteiger charge is -2.26. The highest BCUT2D eigenvalue weighted by atomic mass is 16.3. The van der Waals surface area contributed by atoms with Crippen molar-refractivity contribution in [2.45, 2.75) is 13.8 Å². The second kappa shape index (κ2) is 5.94. The molecule has 0 fully saturated rings. The van der Waals surface area contributed by atoms with Gasteiger partial charge in [0, 0.05) is 23.1 Å². The van der Waals surface area contributed by atoms with Gasteiger partial charge in [0.15, 0.2) is 0 Å². The van der Waals surface area contributed by atoms with Gasteiger partial charge in [-0.05, 0) is 61.4 Å². The number of rotatable bonds is 3. The van der Waals surface area contributed by atoms with E-state index in [1.165, 1.54) is 11.1 Å². The third kappa shape index (κ3) is 2.82. The molecule has 0 amide bonds. The van der Waals surface area contributed by atoms with Crippen molar-refractivity contribution in [2.24, 2.45) is 0 Å². The first-order chi connectivity index (χ1) is 10.6. The molecule has 0 saturated heterocycles. The summed E-state index contributed by atoms with van der Waals surface area (Å²) >= 11 is 0. The van der Waals surface area contributed by atoms with Gasteiger partial charge in [-0.25, -0.2) is 0 Å². The zero-order chi connectivity index (χ0) is 15.5. The number of para-hydroxylation sites is 1. The van der Waals surface area contributed by atoms with Crippen LogP contribution in [0.5, 0.6) is 5.75 Å². The molecule has 110 valence electrons. The van der Waals surface area contributed by atoms with E-state index in [4.69, 9.17) is 0 Å². The Morgan fingerprint density at radius 1 is 0.636 bits per heavy atom. The number of anilines is 3. The molecule has 2 nitrogen and oxygen atoms in total. The second-order valence-electron chi connectivity index (χ2n) is 5.46. The molecule has 22 heavy (non-hydrogen) atoms. The number of benzene rings is 3. The number of nitrogens with zero attached hydrogens (tertiary/aromatic N) is 1. The maximum absolute atomic E-state index is 9.83. The molecule has 3 aromatic rings. The van der Waals surface area contributed by atoms with Gasteiger partial charge >= 0.3 is 0 Å². The molecule has 0 aliphatic rings. The molecule has 0 spiro atoms. The van der Waals surface area contributed by atoms with Gasteiger partial charge in [0.25, 0.3) is 0 Å². The predicted molar refractivity (Wildman–Crippen MR) is 92.3 cm³/mol. The van der Waals surface area contributed by atoms with Crippen molar-refractivity contribution in [1.29, 1.82) is 0 Å². The monoisotopic (exact) mass is 289 g/mol. The van der Waals surface area contributed by atoms with E-state index in [-0.39, 0.29) is 5.75 Å². The summed E-state index contributed by atoms with van der Waals surface area (Å²) in [6.07, 6.45) is 0. The molecular formula is C20H19NO. The minimum absolute atomic E-state index is 0.266. The Balaban J connectivity index is 2.16. The number of hydrogen-bond acceptors (Lipinski definition) is 2. The van der Waals surface area contributed by atoms with Crippen LogP contribution in [-0.2, 0) is 0 Å². The molecule has 0 unspecified atom stereocenters. The fourth-order valence-electron chi connectivity index (χ4n) is 2.52. The summed E-state index contributed by atoms with van der Waals surface area (Å²) in [4.78, 5) is 2.14. The summed E-state index contributed by atoms with van der Waals surface area (Å²) in [5, 5.41) is 9.83. The molecule has 0 aliphatic carbocycles. The first kappa shape index (κ1) is 14.2. The second-order valence-corrected chi connectivity index (χ2v) is 5.46. The molecule has 0 bridgehead atoms. The summed E-state index contributed by atoms with van der Waals surface area (Å²) in [7, 11) is 0. The van der Waals surface area contributed by atoms with Crippen molar-refractivity contribution in [1.82, 2.24) is 0 Å². The topological polar surface area (TPSA) is 23.5 Å². The van der Waals surface area contributed by atoms with E-state index in [1.54, 1.807) is 12.1 Å². The number of phenols is 1. The van der Waals surface area contributed by atoms with Gasteiger partial charge < -0.3 is 10.0 Å². The van der Waals surface area contributed by atoms with E-state index < -0.39 is 0 Å². The largest absolute Gasteiger partial charge is 0.508 e. The van der Waals surface area contributed by atoms with Crippen molar-refractivity contribution in [3.8, 4) is 5.75 Å². The van der Waals surface area contributed by atoms with Crippen LogP contribution in [0.4, 0.5) is 17.1 Å². The van der Waals surface area contributed by atoms with Crippen LogP contribution in [0, 0.1) is 13.8 Å². The van der Waals surface area contributed by atoms with Crippen LogP contribution in [0.3, 0.4) is 0 Å². The Morgan fingerprint density at radius 2 is 1.32 bits per heavy atom. The molecule has 0 saturated carbocycles. The fourth-order valence-corrected chi connectivity index (χ4v) is 2.52. The highest BCUT2D eigenvalue weighted by Crippen LogP contribution is 2.36. The van der Waals surface area contributed by atoms with Crippen LogP contribution in [0.15, 0.2) is 72.8 Å². The maximum Gasteiger partial charge on any atom is 0.117 e. The average molecular weight is 289 g/mol. The highest BCUT2D eigenvalue weighted by Gasteiger charge is 2.13. The van der Waals surface area contributed by atoms with Crippen LogP contribution in [0.25, 0.3) is 0 Å². The van der Waals surface area contributed by atoms with E-state index in [0.717, 1.165) is 17.1 Å². The summed E-state index contributed by atoms with van der Waals surface area (Å²) < 4.78 is 0. The van der Waals surface area contributed by atoms with Crippen LogP contribution >= 0.6 is 0 Å². The van der Waals surface area contributed by atoms with Crippen molar-refractivity contribution in [2.75, 3.05) is 4.90 Å². The third-order valence-corrected chi connectivity index (χ3v) is 3.85. The van der Waals surface area contributed by atoms with E-state index >= 15 is 0 Å². The first-order valence-electron chi connectivity index (χ1n) is 7.36. The van der Waals surface area contributed by atoms with Crippen molar-refractivity contribution < 1.29 is 5.11 Å². The molecule has 0 aromatic heterocycles. The van der Waals surface area contributed by atoms with Crippen LogP contribution in [0.1, 0.15) is 11.1 Å². The lowest BCUT2D eigenvalue weighted by Crippen LogP contribution is -2.10. The van der Waals surface area contributed by atoms with Gasteiger partial charge in [0.2, 0.25) is 0 Å². The normalized spacial score (nSPS) is 10.5. The van der Waals surface area contributed by atoms with Crippen molar-refractivity contribution >= 4 is 17.1 Å². The van der Waals surface area contributed by atoms with E-state index in [9.17, 15) is 5.11 Å². The Morgan fingerprint density at radius 3 is 2.00 bits per heavy atom. The molecule has 0 aliphatic heterocycles. The van der Waals surface area contributed by atoms with E-state index in [0.29, 0.717) is 0 Å². The quantitative estimate of drug-likeness (QED) is 0.690. The molecule has 0 heterocycles. The Hall–Kier alpha value is -2.74. The first-order valence-corrected chi connectivity index (χ1v) is 7.36. The SMILES string of the molecule is Cc1ccc(N(c2ccccc2)c2cccc(O)c2)cc1C. The average Bonchev–Trinajstić information content (AvgIpc) is 2.52. The summed E-state index contributed by atoms with van der Waals surface area (Å²) in [6, 6.07) is 23.9. The number of aromatic hydroxyl groups is 1. The smallest absolute Gasteiger partial charge is 0.117 e. The molecule has 0 atom stereocenters.